The fraction of sp³-hybridized carbons (Fsp3) is 0.200. The molecule has 0 aliphatic rings. The third-order valence-electron chi connectivity index (χ3n) is 1.27. The lowest BCUT2D eigenvalue weighted by Gasteiger charge is -1.83. The van der Waals surface area contributed by atoms with Crippen LogP contribution in [-0.4, -0.2) is 20.4 Å². The highest BCUT2D eigenvalue weighted by Crippen LogP contribution is 1.97. The maximum absolute atomic E-state index is 10.5. The Morgan fingerprint density at radius 2 is 1.46 bits per heavy atom. The Bertz CT molecular complexity index is 456. The van der Waals surface area contributed by atoms with Gasteiger partial charge in [0.25, 0.3) is 0 Å². The summed E-state index contributed by atoms with van der Waals surface area (Å²) in [6, 6.07) is 0. The third kappa shape index (κ3) is 1.55. The van der Waals surface area contributed by atoms with Crippen molar-refractivity contribution in [3.8, 4) is 0 Å². The van der Waals surface area contributed by atoms with Crippen LogP contribution < -0.4 is 11.5 Å². The van der Waals surface area contributed by atoms with Crippen LogP contribution >= 0.6 is 0 Å². The maximum atomic E-state index is 10.5. The van der Waals surface area contributed by atoms with Gasteiger partial charge in [0.1, 0.15) is 6.42 Å². The van der Waals surface area contributed by atoms with Crippen molar-refractivity contribution >= 4 is 0 Å². The summed E-state index contributed by atoms with van der Waals surface area (Å²) in [4.78, 5) is 21.0. The molecule has 0 radical (unpaired) electrons. The molecule has 0 spiro atoms. The summed E-state index contributed by atoms with van der Waals surface area (Å²) in [5, 5.41) is 11.1. The quantitative estimate of drug-likeness (QED) is 0.594. The van der Waals surface area contributed by atoms with Crippen molar-refractivity contribution in [2.24, 2.45) is 0 Å². The Kier molecular flexibility index (Phi) is 1.58. The number of aromatic amines is 2. The summed E-state index contributed by atoms with van der Waals surface area (Å²) in [7, 11) is 0. The zero-order chi connectivity index (χ0) is 9.26. The molecule has 8 heteroatoms. The van der Waals surface area contributed by atoms with Gasteiger partial charge in [0.05, 0.1) is 0 Å². The van der Waals surface area contributed by atoms with Gasteiger partial charge in [0.15, 0.2) is 0 Å². The highest BCUT2D eigenvalue weighted by Gasteiger charge is 2.07. The van der Waals surface area contributed by atoms with E-state index in [1.54, 1.807) is 0 Å². The Labute approximate surface area is 69.6 Å². The molecule has 0 unspecified atom stereocenters. The molecular formula is C5H4N4O4. The summed E-state index contributed by atoms with van der Waals surface area (Å²) in [5.41, 5.74) is 0. The van der Waals surface area contributed by atoms with Gasteiger partial charge in [-0.15, -0.1) is 10.2 Å². The maximum Gasteiger partial charge on any atom is 0.434 e. The van der Waals surface area contributed by atoms with Crippen LogP contribution in [0.1, 0.15) is 11.8 Å². The zero-order valence-corrected chi connectivity index (χ0v) is 6.23. The van der Waals surface area contributed by atoms with Gasteiger partial charge in [-0.3, -0.25) is 0 Å². The third-order valence-corrected chi connectivity index (χ3v) is 1.27. The van der Waals surface area contributed by atoms with E-state index in [1.165, 1.54) is 0 Å². The van der Waals surface area contributed by atoms with Gasteiger partial charge in [-0.2, -0.15) is 0 Å². The molecule has 0 fully saturated rings. The Hall–Kier alpha value is -2.12. The van der Waals surface area contributed by atoms with Crippen LogP contribution in [0.25, 0.3) is 0 Å². The fourth-order valence-corrected chi connectivity index (χ4v) is 0.802. The monoisotopic (exact) mass is 184 g/mol. The molecule has 68 valence electrons. The van der Waals surface area contributed by atoms with E-state index in [4.69, 9.17) is 0 Å². The topological polar surface area (TPSA) is 118 Å². The Morgan fingerprint density at radius 3 is 1.77 bits per heavy atom. The second-order valence-electron chi connectivity index (χ2n) is 2.19. The first-order valence-corrected chi connectivity index (χ1v) is 3.33. The van der Waals surface area contributed by atoms with E-state index in [2.05, 4.69) is 29.2 Å². The van der Waals surface area contributed by atoms with Crippen molar-refractivity contribution in [2.75, 3.05) is 0 Å². The van der Waals surface area contributed by atoms with Crippen molar-refractivity contribution < 1.29 is 8.83 Å². The van der Waals surface area contributed by atoms with Crippen LogP contribution in [-0.2, 0) is 6.42 Å². The number of aromatic nitrogens is 4. The average Bonchev–Trinajstić information content (AvgIpc) is 2.62. The van der Waals surface area contributed by atoms with Crippen molar-refractivity contribution in [1.82, 2.24) is 20.4 Å². The molecule has 0 amide bonds. The molecule has 2 heterocycles. The minimum Gasteiger partial charge on any atom is -0.392 e. The minimum atomic E-state index is -0.659. The summed E-state index contributed by atoms with van der Waals surface area (Å²) in [5.74, 6) is -1.10. The van der Waals surface area contributed by atoms with E-state index in [0.717, 1.165) is 0 Å². The molecule has 2 aromatic heterocycles. The van der Waals surface area contributed by atoms with Crippen LogP contribution in [0, 0.1) is 0 Å². The molecule has 8 nitrogen and oxygen atoms in total. The van der Waals surface area contributed by atoms with E-state index in [0.29, 0.717) is 0 Å². The Morgan fingerprint density at radius 1 is 1.00 bits per heavy atom. The van der Waals surface area contributed by atoms with E-state index >= 15 is 0 Å². The Balaban J connectivity index is 2.23. The largest absolute Gasteiger partial charge is 0.434 e. The highest BCUT2D eigenvalue weighted by atomic mass is 16.4. The number of hydrogen-bond acceptors (Lipinski definition) is 6. The van der Waals surface area contributed by atoms with Crippen molar-refractivity contribution in [2.45, 2.75) is 6.42 Å². The lowest BCUT2D eigenvalue weighted by Crippen LogP contribution is -1.94. The number of nitrogens with one attached hydrogen (secondary N) is 2. The van der Waals surface area contributed by atoms with Gasteiger partial charge in [-0.1, -0.05) is 0 Å². The van der Waals surface area contributed by atoms with Crippen LogP contribution in [0.5, 0.6) is 0 Å². The summed E-state index contributed by atoms with van der Waals surface area (Å²) in [6.45, 7) is 0. The normalized spacial score (nSPS) is 10.5. The molecule has 0 bridgehead atoms. The van der Waals surface area contributed by atoms with Crippen LogP contribution in [0.3, 0.4) is 0 Å². The SMILES string of the molecule is O=c1[nH]nc(Cc2n[nH]c(=O)o2)o1. The fourth-order valence-electron chi connectivity index (χ4n) is 0.802. The summed E-state index contributed by atoms with van der Waals surface area (Å²) in [6.07, 6.45) is 0.0531. The van der Waals surface area contributed by atoms with E-state index in [-0.39, 0.29) is 18.2 Å². The second kappa shape index (κ2) is 2.73. The number of rotatable bonds is 2. The van der Waals surface area contributed by atoms with Crippen LogP contribution in [0.15, 0.2) is 18.4 Å². The number of nitrogens with zero attached hydrogens (tertiary/aromatic N) is 2. The number of H-pyrrole nitrogens is 2. The first-order chi connectivity index (χ1) is 6.24. The van der Waals surface area contributed by atoms with Gasteiger partial charge in [0.2, 0.25) is 11.8 Å². The molecule has 0 aliphatic heterocycles. The molecule has 2 rings (SSSR count). The predicted octanol–water partition coefficient (Wildman–Crippen LogP) is -1.37. The lowest BCUT2D eigenvalue weighted by atomic mass is 10.4. The molecule has 0 aromatic carbocycles. The van der Waals surface area contributed by atoms with Crippen LogP contribution in [0.4, 0.5) is 0 Å². The molecule has 0 aliphatic carbocycles. The van der Waals surface area contributed by atoms with Gasteiger partial charge in [-0.25, -0.2) is 19.8 Å². The molecule has 0 saturated heterocycles. The first kappa shape index (κ1) is 7.53. The van der Waals surface area contributed by atoms with Gasteiger partial charge in [-0.05, 0) is 0 Å². The van der Waals surface area contributed by atoms with E-state index in [9.17, 15) is 9.59 Å². The summed E-state index contributed by atoms with van der Waals surface area (Å²) < 4.78 is 9.12. The van der Waals surface area contributed by atoms with Gasteiger partial charge in [0, 0.05) is 0 Å². The molecule has 0 atom stereocenters. The number of hydrogen-bond donors (Lipinski definition) is 2. The summed E-state index contributed by atoms with van der Waals surface area (Å²) >= 11 is 0. The highest BCUT2D eigenvalue weighted by molar-refractivity contribution is 4.87. The molecule has 0 saturated carbocycles. The smallest absolute Gasteiger partial charge is 0.392 e. The average molecular weight is 184 g/mol. The second-order valence-corrected chi connectivity index (χ2v) is 2.19. The van der Waals surface area contributed by atoms with E-state index in [1.807, 2.05) is 0 Å². The molecule has 13 heavy (non-hydrogen) atoms. The lowest BCUT2D eigenvalue weighted by molar-refractivity contribution is 0.427. The molecular weight excluding hydrogens is 180 g/mol. The molecule has 2 aromatic rings. The standard InChI is InChI=1S/C5H4N4O4/c10-4-8-6-2(12-4)1-3-7-9-5(11)13-3/h1H2,(H,8,10)(H,9,11). The molecule has 2 N–H and O–H groups in total. The van der Waals surface area contributed by atoms with Gasteiger partial charge >= 0.3 is 11.5 Å². The van der Waals surface area contributed by atoms with Crippen molar-refractivity contribution in [3.05, 3.63) is 32.9 Å². The minimum absolute atomic E-state index is 0.0531. The van der Waals surface area contributed by atoms with Crippen LogP contribution in [0.2, 0.25) is 0 Å². The first-order valence-electron chi connectivity index (χ1n) is 3.33. The van der Waals surface area contributed by atoms with Gasteiger partial charge < -0.3 is 8.83 Å². The zero-order valence-electron chi connectivity index (χ0n) is 6.23. The van der Waals surface area contributed by atoms with Crippen molar-refractivity contribution in [3.63, 3.8) is 0 Å². The predicted molar refractivity (Wildman–Crippen MR) is 37.1 cm³/mol. The van der Waals surface area contributed by atoms with Crippen molar-refractivity contribution in [1.29, 1.82) is 0 Å². The van der Waals surface area contributed by atoms with E-state index < -0.39 is 11.5 Å².